The lowest BCUT2D eigenvalue weighted by molar-refractivity contribution is -0.130. The highest BCUT2D eigenvalue weighted by atomic mass is 16.2. The van der Waals surface area contributed by atoms with Gasteiger partial charge in [-0.3, -0.25) is 14.6 Å². The molecule has 1 fully saturated rings. The maximum Gasteiger partial charge on any atom is 0.227 e. The number of nitrogens with zero attached hydrogens (tertiary/aromatic N) is 5. The van der Waals surface area contributed by atoms with E-state index >= 15 is 0 Å². The summed E-state index contributed by atoms with van der Waals surface area (Å²) in [5, 5.41) is 6.04. The largest absolute Gasteiger partial charge is 0.368 e. The number of carbonyl (C=O) groups is 2. The number of anilines is 4. The van der Waals surface area contributed by atoms with Crippen LogP contribution in [0.15, 0.2) is 85.3 Å². The van der Waals surface area contributed by atoms with E-state index in [0.29, 0.717) is 25.5 Å². The molecule has 1 aliphatic rings. The van der Waals surface area contributed by atoms with Crippen LogP contribution in [-0.2, 0) is 16.0 Å². The predicted octanol–water partition coefficient (Wildman–Crippen LogP) is 4.13. The molecule has 0 atom stereocenters. The first kappa shape index (κ1) is 24.9. The molecule has 0 radical (unpaired) electrons. The Hall–Kier alpha value is -4.79. The Balaban J connectivity index is 1.16. The lowest BCUT2D eigenvalue weighted by Crippen LogP contribution is -2.49. The van der Waals surface area contributed by atoms with Crippen molar-refractivity contribution in [2.75, 3.05) is 41.7 Å². The molecule has 0 aliphatic carbocycles. The number of pyridine rings is 1. The van der Waals surface area contributed by atoms with Gasteiger partial charge in [0.15, 0.2) is 0 Å². The number of aromatic nitrogens is 3. The lowest BCUT2D eigenvalue weighted by atomic mass is 10.1. The van der Waals surface area contributed by atoms with Crippen LogP contribution in [0.1, 0.15) is 12.5 Å². The maximum absolute atomic E-state index is 12.6. The van der Waals surface area contributed by atoms with Crippen molar-refractivity contribution in [3.63, 3.8) is 0 Å². The molecule has 5 rings (SSSR count). The summed E-state index contributed by atoms with van der Waals surface area (Å²) < 4.78 is 0. The summed E-state index contributed by atoms with van der Waals surface area (Å²) in [6, 6.07) is 21.3. The fourth-order valence-electron chi connectivity index (χ4n) is 4.40. The van der Waals surface area contributed by atoms with Crippen LogP contribution in [0.2, 0.25) is 0 Å². The summed E-state index contributed by atoms with van der Waals surface area (Å²) in [7, 11) is 0. The van der Waals surface area contributed by atoms with Crippen LogP contribution < -0.4 is 15.5 Å². The highest BCUT2D eigenvalue weighted by molar-refractivity contribution is 5.89. The van der Waals surface area contributed by atoms with Gasteiger partial charge in [-0.15, -0.1) is 0 Å². The van der Waals surface area contributed by atoms with E-state index < -0.39 is 0 Å². The molecule has 4 aromatic rings. The van der Waals surface area contributed by atoms with Gasteiger partial charge in [0, 0.05) is 74.3 Å². The number of hydrogen-bond acceptors (Lipinski definition) is 7. The molecule has 3 heterocycles. The van der Waals surface area contributed by atoms with Crippen molar-refractivity contribution in [2.24, 2.45) is 0 Å². The molecule has 0 bridgehead atoms. The summed E-state index contributed by atoms with van der Waals surface area (Å²) in [4.78, 5) is 41.2. The molecule has 2 amide bonds. The van der Waals surface area contributed by atoms with E-state index in [0.717, 1.165) is 47.0 Å². The van der Waals surface area contributed by atoms with E-state index in [1.807, 2.05) is 59.5 Å². The van der Waals surface area contributed by atoms with Gasteiger partial charge < -0.3 is 20.4 Å². The zero-order valence-corrected chi connectivity index (χ0v) is 21.2. The van der Waals surface area contributed by atoms with Crippen molar-refractivity contribution in [2.45, 2.75) is 13.3 Å². The number of rotatable bonds is 7. The van der Waals surface area contributed by atoms with Crippen LogP contribution in [0, 0.1) is 0 Å². The van der Waals surface area contributed by atoms with E-state index in [1.165, 1.54) is 6.92 Å². The van der Waals surface area contributed by atoms with E-state index in [9.17, 15) is 9.59 Å². The Bertz CT molecular complexity index is 1380. The van der Waals surface area contributed by atoms with Crippen LogP contribution in [0.3, 0.4) is 0 Å². The number of nitrogens with one attached hydrogen (secondary N) is 2. The number of benzene rings is 2. The van der Waals surface area contributed by atoms with Crippen molar-refractivity contribution in [1.82, 2.24) is 19.9 Å². The molecule has 38 heavy (non-hydrogen) atoms. The molecular weight excluding hydrogens is 478 g/mol. The molecule has 1 aliphatic heterocycles. The standard InChI is InChI=1S/C29H29N7O2/c1-21(37)32-24-6-4-23(5-7-24)27-12-14-31-29(34-27)33-25-8-10-26(11-9-25)35-15-17-36(18-16-35)28(38)19-22-3-2-13-30-20-22/h2-14,20H,15-19H2,1H3,(H,32,37)(H,31,33,34). The summed E-state index contributed by atoms with van der Waals surface area (Å²) >= 11 is 0. The molecule has 0 unspecified atom stereocenters. The molecule has 9 nitrogen and oxygen atoms in total. The van der Waals surface area contributed by atoms with Crippen LogP contribution >= 0.6 is 0 Å². The van der Waals surface area contributed by atoms with Crippen LogP contribution in [-0.4, -0.2) is 57.8 Å². The fraction of sp³-hybridized carbons (Fsp3) is 0.207. The van der Waals surface area contributed by atoms with Gasteiger partial charge in [-0.25, -0.2) is 9.97 Å². The summed E-state index contributed by atoms with van der Waals surface area (Å²) in [5.41, 5.74) is 5.40. The second kappa shape index (κ2) is 11.5. The normalized spacial score (nSPS) is 13.2. The Morgan fingerprint density at radius 2 is 1.61 bits per heavy atom. The maximum atomic E-state index is 12.6. The second-order valence-corrected chi connectivity index (χ2v) is 9.10. The predicted molar refractivity (Wildman–Crippen MR) is 148 cm³/mol. The number of amides is 2. The third-order valence-corrected chi connectivity index (χ3v) is 6.36. The Labute approximate surface area is 221 Å². The molecule has 192 valence electrons. The lowest BCUT2D eigenvalue weighted by Gasteiger charge is -2.36. The van der Waals surface area contributed by atoms with Crippen molar-refractivity contribution < 1.29 is 9.59 Å². The van der Waals surface area contributed by atoms with Gasteiger partial charge in [0.2, 0.25) is 17.8 Å². The Kier molecular flexibility index (Phi) is 7.54. The van der Waals surface area contributed by atoms with E-state index in [1.54, 1.807) is 18.6 Å². The van der Waals surface area contributed by atoms with E-state index in [4.69, 9.17) is 0 Å². The molecule has 2 aromatic heterocycles. The van der Waals surface area contributed by atoms with Gasteiger partial charge in [-0.2, -0.15) is 0 Å². The second-order valence-electron chi connectivity index (χ2n) is 9.10. The highest BCUT2D eigenvalue weighted by Gasteiger charge is 2.21. The molecule has 0 spiro atoms. The Morgan fingerprint density at radius 1 is 0.868 bits per heavy atom. The van der Waals surface area contributed by atoms with Crippen LogP contribution in [0.5, 0.6) is 0 Å². The first-order chi connectivity index (χ1) is 18.5. The van der Waals surface area contributed by atoms with Crippen molar-refractivity contribution in [3.05, 3.63) is 90.9 Å². The monoisotopic (exact) mass is 507 g/mol. The van der Waals surface area contributed by atoms with Crippen LogP contribution in [0.25, 0.3) is 11.3 Å². The van der Waals surface area contributed by atoms with Gasteiger partial charge in [0.05, 0.1) is 12.1 Å². The van der Waals surface area contributed by atoms with Gasteiger partial charge in [0.25, 0.3) is 0 Å². The quantitative estimate of drug-likeness (QED) is 0.388. The number of piperazine rings is 1. The zero-order valence-electron chi connectivity index (χ0n) is 21.2. The number of carbonyl (C=O) groups excluding carboxylic acids is 2. The summed E-state index contributed by atoms with van der Waals surface area (Å²) in [6.07, 6.45) is 5.57. The first-order valence-corrected chi connectivity index (χ1v) is 12.5. The smallest absolute Gasteiger partial charge is 0.227 e. The molecule has 0 saturated carbocycles. The topological polar surface area (TPSA) is 103 Å². The molecule has 1 saturated heterocycles. The van der Waals surface area contributed by atoms with Crippen molar-refractivity contribution >= 4 is 34.8 Å². The molecule has 2 N–H and O–H groups in total. The average Bonchev–Trinajstić information content (AvgIpc) is 2.94. The summed E-state index contributed by atoms with van der Waals surface area (Å²) in [6.45, 7) is 4.46. The average molecular weight is 508 g/mol. The molecule has 9 heteroatoms. The highest BCUT2D eigenvalue weighted by Crippen LogP contribution is 2.24. The minimum absolute atomic E-state index is 0.105. The molecular formula is C29H29N7O2. The first-order valence-electron chi connectivity index (χ1n) is 12.5. The SMILES string of the molecule is CC(=O)Nc1ccc(-c2ccnc(Nc3ccc(N4CCN(C(=O)Cc5cccnc5)CC4)cc3)n2)cc1. The third kappa shape index (κ3) is 6.31. The van der Waals surface area contributed by atoms with Crippen molar-refractivity contribution in [1.29, 1.82) is 0 Å². The Morgan fingerprint density at radius 3 is 2.29 bits per heavy atom. The van der Waals surface area contributed by atoms with Crippen molar-refractivity contribution in [3.8, 4) is 11.3 Å². The minimum atomic E-state index is -0.105. The third-order valence-electron chi connectivity index (χ3n) is 6.36. The van der Waals surface area contributed by atoms with E-state index in [-0.39, 0.29) is 11.8 Å². The fourth-order valence-corrected chi connectivity index (χ4v) is 4.40. The van der Waals surface area contributed by atoms with Gasteiger partial charge in [-0.1, -0.05) is 18.2 Å². The van der Waals surface area contributed by atoms with E-state index in [2.05, 4.69) is 42.6 Å². The zero-order chi connectivity index (χ0) is 26.3. The van der Waals surface area contributed by atoms with Gasteiger partial charge in [0.1, 0.15) is 0 Å². The van der Waals surface area contributed by atoms with Gasteiger partial charge >= 0.3 is 0 Å². The minimum Gasteiger partial charge on any atom is -0.368 e. The summed E-state index contributed by atoms with van der Waals surface area (Å²) in [5.74, 6) is 0.538. The van der Waals surface area contributed by atoms with Gasteiger partial charge in [-0.05, 0) is 54.1 Å². The molecule has 2 aromatic carbocycles. The number of hydrogen-bond donors (Lipinski definition) is 2. The van der Waals surface area contributed by atoms with Crippen LogP contribution in [0.4, 0.5) is 23.0 Å².